The van der Waals surface area contributed by atoms with Crippen molar-refractivity contribution in [2.75, 3.05) is 20.3 Å². The number of methoxy groups -OCH3 is 1. The van der Waals surface area contributed by atoms with E-state index in [1.807, 2.05) is 24.4 Å². The second-order valence-electron chi connectivity index (χ2n) is 5.08. The van der Waals surface area contributed by atoms with E-state index in [4.69, 9.17) is 4.74 Å². The molecule has 0 radical (unpaired) electrons. The fraction of sp³-hybridized carbons (Fsp3) is 0.571. The van der Waals surface area contributed by atoms with Gasteiger partial charge in [-0.2, -0.15) is 0 Å². The number of rotatable bonds is 6. The standard InChI is InChI=1S/C14H20N2O3S/c1-14(13(18)15-7-8-19-2)6-5-12(17)16(14)10-11-4-3-9-20-11/h3-4,9H,5-8,10H2,1-2H3,(H,15,18). The summed E-state index contributed by atoms with van der Waals surface area (Å²) in [5.74, 6) is -0.0558. The lowest BCUT2D eigenvalue weighted by molar-refractivity contribution is -0.141. The summed E-state index contributed by atoms with van der Waals surface area (Å²) in [6, 6.07) is 3.94. The van der Waals surface area contributed by atoms with E-state index in [9.17, 15) is 9.59 Å². The van der Waals surface area contributed by atoms with Gasteiger partial charge in [0.1, 0.15) is 5.54 Å². The van der Waals surface area contributed by atoms with Gasteiger partial charge in [0, 0.05) is 25.0 Å². The zero-order chi connectivity index (χ0) is 14.6. The number of amides is 2. The summed E-state index contributed by atoms with van der Waals surface area (Å²) in [4.78, 5) is 27.2. The first-order valence-corrected chi connectivity index (χ1v) is 7.56. The largest absolute Gasteiger partial charge is 0.383 e. The number of carbonyl (C=O) groups is 2. The number of carbonyl (C=O) groups excluding carboxylic acids is 2. The zero-order valence-electron chi connectivity index (χ0n) is 11.8. The molecule has 110 valence electrons. The van der Waals surface area contributed by atoms with E-state index in [-0.39, 0.29) is 11.8 Å². The average Bonchev–Trinajstić information content (AvgIpc) is 3.03. The Hall–Kier alpha value is -1.40. The molecule has 5 nitrogen and oxygen atoms in total. The number of hydrogen-bond acceptors (Lipinski definition) is 4. The molecule has 1 aliphatic heterocycles. The molecule has 1 aromatic rings. The third-order valence-electron chi connectivity index (χ3n) is 3.70. The van der Waals surface area contributed by atoms with Gasteiger partial charge in [0.15, 0.2) is 0 Å². The summed E-state index contributed by atoms with van der Waals surface area (Å²) in [6.45, 7) is 3.28. The summed E-state index contributed by atoms with van der Waals surface area (Å²) < 4.78 is 4.93. The van der Waals surface area contributed by atoms with Crippen LogP contribution >= 0.6 is 11.3 Å². The normalized spacial score (nSPS) is 22.3. The van der Waals surface area contributed by atoms with Crippen LogP contribution in [0, 0.1) is 0 Å². The van der Waals surface area contributed by atoms with Crippen LogP contribution in [0.3, 0.4) is 0 Å². The smallest absolute Gasteiger partial charge is 0.245 e. The fourth-order valence-corrected chi connectivity index (χ4v) is 3.10. The first kappa shape index (κ1) is 15.0. The van der Waals surface area contributed by atoms with E-state index in [1.165, 1.54) is 0 Å². The molecule has 1 N–H and O–H groups in total. The van der Waals surface area contributed by atoms with Crippen LogP contribution in [0.5, 0.6) is 0 Å². The molecule has 20 heavy (non-hydrogen) atoms. The van der Waals surface area contributed by atoms with Gasteiger partial charge in [-0.15, -0.1) is 11.3 Å². The van der Waals surface area contributed by atoms with Gasteiger partial charge in [0.2, 0.25) is 11.8 Å². The highest BCUT2D eigenvalue weighted by molar-refractivity contribution is 7.09. The molecule has 2 amide bonds. The van der Waals surface area contributed by atoms with Gasteiger partial charge in [0.05, 0.1) is 13.2 Å². The quantitative estimate of drug-likeness (QED) is 0.807. The van der Waals surface area contributed by atoms with Crippen LogP contribution in [0.2, 0.25) is 0 Å². The number of nitrogens with one attached hydrogen (secondary N) is 1. The van der Waals surface area contributed by atoms with E-state index in [2.05, 4.69) is 5.32 Å². The highest BCUT2D eigenvalue weighted by Crippen LogP contribution is 2.32. The van der Waals surface area contributed by atoms with Crippen molar-refractivity contribution in [2.45, 2.75) is 31.8 Å². The highest BCUT2D eigenvalue weighted by Gasteiger charge is 2.47. The van der Waals surface area contributed by atoms with Crippen molar-refractivity contribution in [2.24, 2.45) is 0 Å². The van der Waals surface area contributed by atoms with E-state index in [1.54, 1.807) is 23.3 Å². The van der Waals surface area contributed by atoms with Gasteiger partial charge in [-0.05, 0) is 24.8 Å². The third-order valence-corrected chi connectivity index (χ3v) is 4.56. The maximum atomic E-state index is 12.4. The Morgan fingerprint density at radius 2 is 2.40 bits per heavy atom. The van der Waals surface area contributed by atoms with E-state index in [0.717, 1.165) is 4.88 Å². The molecule has 0 bridgehead atoms. The first-order chi connectivity index (χ1) is 9.58. The molecule has 0 spiro atoms. The lowest BCUT2D eigenvalue weighted by atomic mass is 9.97. The lowest BCUT2D eigenvalue weighted by Gasteiger charge is -2.33. The maximum Gasteiger partial charge on any atom is 0.245 e. The molecule has 2 rings (SSSR count). The van der Waals surface area contributed by atoms with Crippen LogP contribution in [0.1, 0.15) is 24.6 Å². The number of hydrogen-bond donors (Lipinski definition) is 1. The first-order valence-electron chi connectivity index (χ1n) is 6.68. The van der Waals surface area contributed by atoms with Crippen molar-refractivity contribution in [3.05, 3.63) is 22.4 Å². The number of likely N-dealkylation sites (tertiary alicyclic amines) is 1. The second-order valence-corrected chi connectivity index (χ2v) is 6.11. The SMILES string of the molecule is COCCNC(=O)C1(C)CCC(=O)N1Cc1cccs1. The molecular weight excluding hydrogens is 276 g/mol. The number of ether oxygens (including phenoxy) is 1. The Morgan fingerprint density at radius 3 is 3.05 bits per heavy atom. The Labute approximate surface area is 122 Å². The zero-order valence-corrected chi connectivity index (χ0v) is 12.7. The Balaban J connectivity index is 2.07. The van der Waals surface area contributed by atoms with Crippen LogP contribution in [0.25, 0.3) is 0 Å². The van der Waals surface area contributed by atoms with E-state index < -0.39 is 5.54 Å². The van der Waals surface area contributed by atoms with Gasteiger partial charge < -0.3 is 15.0 Å². The van der Waals surface area contributed by atoms with Crippen molar-refractivity contribution in [3.8, 4) is 0 Å². The summed E-state index contributed by atoms with van der Waals surface area (Å²) in [7, 11) is 1.59. The van der Waals surface area contributed by atoms with E-state index >= 15 is 0 Å². The minimum absolute atomic E-state index is 0.0443. The maximum absolute atomic E-state index is 12.4. The molecule has 0 aliphatic carbocycles. The predicted molar refractivity (Wildman–Crippen MR) is 77.4 cm³/mol. The molecule has 1 aromatic heterocycles. The molecule has 1 aliphatic rings. The summed E-state index contributed by atoms with van der Waals surface area (Å²) in [5.41, 5.74) is -0.755. The molecule has 1 saturated heterocycles. The van der Waals surface area contributed by atoms with Crippen LogP contribution in [0.4, 0.5) is 0 Å². The summed E-state index contributed by atoms with van der Waals surface area (Å²) in [6.07, 6.45) is 0.996. The highest BCUT2D eigenvalue weighted by atomic mass is 32.1. The third kappa shape index (κ3) is 3.02. The molecule has 1 atom stereocenters. The monoisotopic (exact) mass is 296 g/mol. The molecule has 1 unspecified atom stereocenters. The average molecular weight is 296 g/mol. The van der Waals surface area contributed by atoms with Crippen LogP contribution in [0.15, 0.2) is 17.5 Å². The van der Waals surface area contributed by atoms with Crippen LogP contribution < -0.4 is 5.32 Å². The van der Waals surface area contributed by atoms with Gasteiger partial charge in [-0.25, -0.2) is 0 Å². The number of nitrogens with zero attached hydrogens (tertiary/aromatic N) is 1. The van der Waals surface area contributed by atoms with Crippen LogP contribution in [-0.2, 0) is 20.9 Å². The Kier molecular flexibility index (Phi) is 4.77. The molecule has 0 aromatic carbocycles. The minimum atomic E-state index is -0.755. The lowest BCUT2D eigenvalue weighted by Crippen LogP contribution is -2.54. The molecule has 2 heterocycles. The molecule has 0 saturated carbocycles. The second kappa shape index (κ2) is 6.37. The molecule has 6 heteroatoms. The van der Waals surface area contributed by atoms with Crippen LogP contribution in [-0.4, -0.2) is 42.5 Å². The number of thiophene rings is 1. The van der Waals surface area contributed by atoms with Crippen molar-refractivity contribution in [1.82, 2.24) is 10.2 Å². The van der Waals surface area contributed by atoms with Crippen molar-refractivity contribution in [3.63, 3.8) is 0 Å². The van der Waals surface area contributed by atoms with Gasteiger partial charge in [-0.1, -0.05) is 6.07 Å². The Morgan fingerprint density at radius 1 is 1.60 bits per heavy atom. The molecular formula is C14H20N2O3S. The Bertz CT molecular complexity index is 475. The van der Waals surface area contributed by atoms with Crippen molar-refractivity contribution >= 4 is 23.2 Å². The fourth-order valence-electron chi connectivity index (χ4n) is 2.41. The minimum Gasteiger partial charge on any atom is -0.383 e. The predicted octanol–water partition coefficient (Wildman–Crippen LogP) is 1.39. The van der Waals surface area contributed by atoms with Gasteiger partial charge in [-0.3, -0.25) is 9.59 Å². The summed E-state index contributed by atoms with van der Waals surface area (Å²) in [5, 5.41) is 4.82. The van der Waals surface area contributed by atoms with E-state index in [0.29, 0.717) is 32.5 Å². The van der Waals surface area contributed by atoms with Crippen molar-refractivity contribution < 1.29 is 14.3 Å². The van der Waals surface area contributed by atoms with Crippen molar-refractivity contribution in [1.29, 1.82) is 0 Å². The topological polar surface area (TPSA) is 58.6 Å². The van der Waals surface area contributed by atoms with Gasteiger partial charge >= 0.3 is 0 Å². The molecule has 1 fully saturated rings. The summed E-state index contributed by atoms with van der Waals surface area (Å²) >= 11 is 1.60. The van der Waals surface area contributed by atoms with Gasteiger partial charge in [0.25, 0.3) is 0 Å².